The van der Waals surface area contributed by atoms with Crippen LogP contribution in [0.3, 0.4) is 0 Å². The van der Waals surface area contributed by atoms with Crippen LogP contribution in [0.25, 0.3) is 10.8 Å². The molecule has 0 heterocycles. The van der Waals surface area contributed by atoms with E-state index in [2.05, 4.69) is 10.2 Å². The van der Waals surface area contributed by atoms with Gasteiger partial charge in [-0.05, 0) is 35.7 Å². The van der Waals surface area contributed by atoms with Gasteiger partial charge in [-0.2, -0.15) is 8.42 Å². The molecule has 0 fully saturated rings. The molecule has 3 aromatic rings. The van der Waals surface area contributed by atoms with E-state index in [1.807, 2.05) is 0 Å². The number of hydrogen-bond donors (Lipinski definition) is 4. The number of phenolic OH excluding ortho intramolecular Hbond substituents is 2. The van der Waals surface area contributed by atoms with E-state index >= 15 is 0 Å². The Kier molecular flexibility index (Phi) is 4.58. The minimum atomic E-state index is -4.82. The van der Waals surface area contributed by atoms with Gasteiger partial charge in [-0.1, -0.05) is 0 Å². The minimum absolute atomic E-state index is 0.179. The number of azo groups is 1. The number of nitrogens with zero attached hydrogens (tertiary/aromatic N) is 3. The SMILES string of the molecule is Nc1ccc2c(O)c(N=Nc3cc([N+](=O)[O-])ccc3O)c(S(=O)(=O)O)cc2c1. The second kappa shape index (κ2) is 6.75. The van der Waals surface area contributed by atoms with Gasteiger partial charge in [-0.3, -0.25) is 14.7 Å². The zero-order valence-electron chi connectivity index (χ0n) is 13.8. The van der Waals surface area contributed by atoms with Crippen LogP contribution in [-0.2, 0) is 10.1 Å². The zero-order chi connectivity index (χ0) is 20.6. The molecule has 3 rings (SSSR count). The highest BCUT2D eigenvalue weighted by Crippen LogP contribution is 2.42. The Bertz CT molecular complexity index is 1260. The van der Waals surface area contributed by atoms with Crippen LogP contribution in [0.5, 0.6) is 11.5 Å². The average Bonchev–Trinajstić information content (AvgIpc) is 2.60. The number of anilines is 1. The van der Waals surface area contributed by atoms with Crippen LogP contribution in [0.2, 0.25) is 0 Å². The molecular formula is C16H12N4O7S. The van der Waals surface area contributed by atoms with Gasteiger partial charge in [-0.25, -0.2) is 0 Å². The molecule has 0 aromatic heterocycles. The van der Waals surface area contributed by atoms with Crippen molar-refractivity contribution in [1.29, 1.82) is 0 Å². The van der Waals surface area contributed by atoms with Crippen molar-refractivity contribution in [3.05, 3.63) is 52.6 Å². The summed E-state index contributed by atoms with van der Waals surface area (Å²) in [6, 6.07) is 8.26. The van der Waals surface area contributed by atoms with Crippen molar-refractivity contribution in [2.75, 3.05) is 5.73 Å². The molecule has 0 radical (unpaired) electrons. The maximum Gasteiger partial charge on any atom is 0.296 e. The number of nitro groups is 1. The minimum Gasteiger partial charge on any atom is -0.506 e. The smallest absolute Gasteiger partial charge is 0.296 e. The Morgan fingerprint density at radius 3 is 2.39 bits per heavy atom. The summed E-state index contributed by atoms with van der Waals surface area (Å²) < 4.78 is 32.9. The van der Waals surface area contributed by atoms with E-state index in [9.17, 15) is 33.3 Å². The lowest BCUT2D eigenvalue weighted by Crippen LogP contribution is -1.99. The molecule has 144 valence electrons. The lowest BCUT2D eigenvalue weighted by atomic mass is 10.1. The highest BCUT2D eigenvalue weighted by Gasteiger charge is 2.22. The van der Waals surface area contributed by atoms with E-state index in [-0.39, 0.29) is 22.1 Å². The topological polar surface area (TPSA) is 189 Å². The molecule has 0 saturated heterocycles. The number of nitrogens with two attached hydrogens (primary N) is 1. The van der Waals surface area contributed by atoms with Gasteiger partial charge in [0, 0.05) is 23.2 Å². The molecule has 0 unspecified atom stereocenters. The van der Waals surface area contributed by atoms with Crippen molar-refractivity contribution < 1.29 is 28.1 Å². The first-order chi connectivity index (χ1) is 13.1. The summed E-state index contributed by atoms with van der Waals surface area (Å²) >= 11 is 0. The maximum absolute atomic E-state index is 11.7. The van der Waals surface area contributed by atoms with Crippen LogP contribution in [-0.4, -0.2) is 28.1 Å². The van der Waals surface area contributed by atoms with E-state index in [1.54, 1.807) is 0 Å². The number of benzene rings is 3. The number of hydrogen-bond acceptors (Lipinski definition) is 9. The van der Waals surface area contributed by atoms with Crippen molar-refractivity contribution in [3.8, 4) is 11.5 Å². The van der Waals surface area contributed by atoms with Gasteiger partial charge in [0.2, 0.25) is 0 Å². The Labute approximate surface area is 157 Å². The van der Waals surface area contributed by atoms with Gasteiger partial charge < -0.3 is 15.9 Å². The second-order valence-electron chi connectivity index (χ2n) is 5.66. The third-order valence-corrected chi connectivity index (χ3v) is 4.65. The first kappa shape index (κ1) is 19.0. The molecule has 0 aliphatic heterocycles. The standard InChI is InChI=1S/C16H12N4O7S/c17-9-1-3-11-8(5-9)6-14(28(25,26)27)15(16(11)22)19-18-12-7-10(20(23)24)2-4-13(12)21/h1-7,21-22H,17H2,(H,25,26,27). The van der Waals surface area contributed by atoms with Crippen molar-refractivity contribution >= 4 is 43.6 Å². The van der Waals surface area contributed by atoms with E-state index in [0.29, 0.717) is 5.69 Å². The van der Waals surface area contributed by atoms with E-state index in [4.69, 9.17) is 5.73 Å². The van der Waals surface area contributed by atoms with Gasteiger partial charge in [0.15, 0.2) is 5.75 Å². The third-order valence-electron chi connectivity index (χ3n) is 3.78. The maximum atomic E-state index is 11.7. The van der Waals surface area contributed by atoms with Gasteiger partial charge in [-0.15, -0.1) is 10.2 Å². The average molecular weight is 404 g/mol. The molecule has 0 amide bonds. The summed E-state index contributed by atoms with van der Waals surface area (Å²) in [5.74, 6) is -1.07. The third kappa shape index (κ3) is 3.54. The monoisotopic (exact) mass is 404 g/mol. The lowest BCUT2D eigenvalue weighted by molar-refractivity contribution is -0.384. The Morgan fingerprint density at radius 2 is 1.75 bits per heavy atom. The van der Waals surface area contributed by atoms with Crippen LogP contribution in [0.1, 0.15) is 0 Å². The summed E-state index contributed by atoms with van der Waals surface area (Å²) in [4.78, 5) is 9.37. The molecule has 3 aromatic carbocycles. The van der Waals surface area contributed by atoms with E-state index in [1.165, 1.54) is 18.2 Å². The molecular weight excluding hydrogens is 392 g/mol. The quantitative estimate of drug-likeness (QED) is 0.167. The predicted molar refractivity (Wildman–Crippen MR) is 98.8 cm³/mol. The van der Waals surface area contributed by atoms with Crippen LogP contribution in [0.4, 0.5) is 22.7 Å². The number of aromatic hydroxyl groups is 2. The van der Waals surface area contributed by atoms with Crippen molar-refractivity contribution in [2.45, 2.75) is 4.90 Å². The summed E-state index contributed by atoms with van der Waals surface area (Å²) in [6.07, 6.45) is 0. The molecule has 12 heteroatoms. The number of rotatable bonds is 4. The van der Waals surface area contributed by atoms with Crippen LogP contribution < -0.4 is 5.73 Å². The fourth-order valence-electron chi connectivity index (χ4n) is 2.47. The summed E-state index contributed by atoms with van der Waals surface area (Å²) in [5.41, 5.74) is 4.60. The van der Waals surface area contributed by atoms with Crippen LogP contribution in [0.15, 0.2) is 57.6 Å². The van der Waals surface area contributed by atoms with Crippen molar-refractivity contribution in [3.63, 3.8) is 0 Å². The number of phenols is 2. The Morgan fingerprint density at radius 1 is 1.04 bits per heavy atom. The molecule has 11 nitrogen and oxygen atoms in total. The summed E-state index contributed by atoms with van der Waals surface area (Å²) in [7, 11) is -4.82. The van der Waals surface area contributed by atoms with Gasteiger partial charge in [0.05, 0.1) is 4.92 Å². The zero-order valence-corrected chi connectivity index (χ0v) is 14.7. The molecule has 0 aliphatic rings. The first-order valence-corrected chi connectivity index (χ1v) is 8.94. The number of nitro benzene ring substituents is 1. The second-order valence-corrected chi connectivity index (χ2v) is 7.05. The number of non-ortho nitro benzene ring substituents is 1. The van der Waals surface area contributed by atoms with Gasteiger partial charge in [0.25, 0.3) is 15.8 Å². The van der Waals surface area contributed by atoms with E-state index < -0.39 is 37.1 Å². The molecule has 5 N–H and O–H groups in total. The molecule has 0 spiro atoms. The lowest BCUT2D eigenvalue weighted by Gasteiger charge is -2.09. The molecule has 0 bridgehead atoms. The van der Waals surface area contributed by atoms with Gasteiger partial charge >= 0.3 is 0 Å². The highest BCUT2D eigenvalue weighted by molar-refractivity contribution is 7.86. The molecule has 28 heavy (non-hydrogen) atoms. The van der Waals surface area contributed by atoms with Crippen LogP contribution >= 0.6 is 0 Å². The van der Waals surface area contributed by atoms with Crippen molar-refractivity contribution in [1.82, 2.24) is 0 Å². The van der Waals surface area contributed by atoms with Crippen LogP contribution in [0, 0.1) is 10.1 Å². The fourth-order valence-corrected chi connectivity index (χ4v) is 3.13. The van der Waals surface area contributed by atoms with Gasteiger partial charge in [0.1, 0.15) is 22.0 Å². The summed E-state index contributed by atoms with van der Waals surface area (Å²) in [5, 5.41) is 38.6. The summed E-state index contributed by atoms with van der Waals surface area (Å²) in [6.45, 7) is 0. The number of fused-ring (bicyclic) bond motifs is 1. The normalized spacial score (nSPS) is 11.9. The molecule has 0 atom stereocenters. The molecule has 0 aliphatic carbocycles. The van der Waals surface area contributed by atoms with E-state index in [0.717, 1.165) is 24.3 Å². The van der Waals surface area contributed by atoms with Crippen molar-refractivity contribution in [2.24, 2.45) is 10.2 Å². The number of nitrogen functional groups attached to an aromatic ring is 1. The highest BCUT2D eigenvalue weighted by atomic mass is 32.2. The Balaban J connectivity index is 2.24. The Hall–Kier alpha value is -3.77. The predicted octanol–water partition coefficient (Wildman–Crippen LogP) is 3.40. The largest absolute Gasteiger partial charge is 0.506 e. The fraction of sp³-hybridized carbons (Fsp3) is 0. The first-order valence-electron chi connectivity index (χ1n) is 7.50. The molecule has 0 saturated carbocycles.